The third-order valence-corrected chi connectivity index (χ3v) is 1.61. The van der Waals surface area contributed by atoms with E-state index in [9.17, 15) is 4.79 Å². The van der Waals surface area contributed by atoms with Crippen molar-refractivity contribution in [2.75, 3.05) is 13.2 Å². The Bertz CT molecular complexity index is 170. The zero-order valence-corrected chi connectivity index (χ0v) is 6.63. The summed E-state index contributed by atoms with van der Waals surface area (Å²) in [6, 6.07) is 0. The van der Waals surface area contributed by atoms with Crippen molar-refractivity contribution in [1.29, 1.82) is 0 Å². The Labute approximate surface area is 66.0 Å². The molecule has 3 nitrogen and oxygen atoms in total. The molecule has 1 heterocycles. The molecule has 1 aliphatic heterocycles. The molecule has 1 rings (SSSR count). The van der Waals surface area contributed by atoms with Crippen LogP contribution in [0, 0.1) is 0 Å². The monoisotopic (exact) mass is 156 g/mol. The van der Waals surface area contributed by atoms with Gasteiger partial charge in [0.25, 0.3) is 0 Å². The number of carbonyl (C=O) groups is 1. The van der Waals surface area contributed by atoms with Crippen molar-refractivity contribution in [2.24, 2.45) is 0 Å². The van der Waals surface area contributed by atoms with E-state index in [1.54, 1.807) is 13.0 Å². The minimum atomic E-state index is -0.669. The molecule has 1 saturated heterocycles. The van der Waals surface area contributed by atoms with Crippen LogP contribution in [0.25, 0.3) is 0 Å². The van der Waals surface area contributed by atoms with E-state index in [2.05, 4.69) is 6.58 Å². The molecule has 0 spiro atoms. The third-order valence-electron chi connectivity index (χ3n) is 1.61. The predicted molar refractivity (Wildman–Crippen MR) is 40.1 cm³/mol. The Morgan fingerprint density at radius 2 is 2.55 bits per heavy atom. The Balaban J connectivity index is 2.44. The zero-order chi connectivity index (χ0) is 8.32. The van der Waals surface area contributed by atoms with Crippen LogP contribution in [0.2, 0.25) is 0 Å². The van der Waals surface area contributed by atoms with Crippen molar-refractivity contribution in [1.82, 2.24) is 0 Å². The largest absolute Gasteiger partial charge is 0.464 e. The van der Waals surface area contributed by atoms with Crippen molar-refractivity contribution < 1.29 is 14.3 Å². The Morgan fingerprint density at radius 1 is 1.91 bits per heavy atom. The molecule has 0 saturated carbocycles. The fraction of sp³-hybridized carbons (Fsp3) is 0.625. The van der Waals surface area contributed by atoms with Gasteiger partial charge in [0.2, 0.25) is 0 Å². The zero-order valence-electron chi connectivity index (χ0n) is 6.63. The number of epoxide rings is 1. The Hall–Kier alpha value is -0.830. The highest BCUT2D eigenvalue weighted by Crippen LogP contribution is 2.32. The van der Waals surface area contributed by atoms with E-state index < -0.39 is 5.60 Å². The van der Waals surface area contributed by atoms with E-state index in [-0.39, 0.29) is 5.97 Å². The molecule has 0 bridgehead atoms. The van der Waals surface area contributed by atoms with Gasteiger partial charge in [-0.25, -0.2) is 4.79 Å². The smallest absolute Gasteiger partial charge is 0.341 e. The van der Waals surface area contributed by atoms with Crippen molar-refractivity contribution >= 4 is 5.97 Å². The first kappa shape index (κ1) is 8.27. The highest BCUT2D eigenvalue weighted by molar-refractivity contribution is 5.82. The van der Waals surface area contributed by atoms with Gasteiger partial charge in [-0.15, -0.1) is 6.58 Å². The Morgan fingerprint density at radius 3 is 2.91 bits per heavy atom. The molecule has 0 aliphatic carbocycles. The van der Waals surface area contributed by atoms with Crippen LogP contribution in [0.15, 0.2) is 12.7 Å². The normalized spacial score (nSPS) is 27.7. The first-order chi connectivity index (χ1) is 5.25. The standard InChI is InChI=1S/C8H12O3/c1-3-5-8(6-11-8)7(9)10-4-2/h3H,1,4-6H2,2H3. The lowest BCUT2D eigenvalue weighted by molar-refractivity contribution is -0.149. The van der Waals surface area contributed by atoms with Crippen LogP contribution < -0.4 is 0 Å². The van der Waals surface area contributed by atoms with E-state index in [1.165, 1.54) is 0 Å². The molecule has 3 heteroatoms. The average molecular weight is 156 g/mol. The van der Waals surface area contributed by atoms with Crippen molar-refractivity contribution in [3.8, 4) is 0 Å². The third kappa shape index (κ3) is 1.60. The van der Waals surface area contributed by atoms with Gasteiger partial charge in [-0.1, -0.05) is 6.08 Å². The lowest BCUT2D eigenvalue weighted by Crippen LogP contribution is -2.26. The number of rotatable bonds is 4. The molecule has 0 amide bonds. The highest BCUT2D eigenvalue weighted by atomic mass is 16.6. The lowest BCUT2D eigenvalue weighted by Gasteiger charge is -2.06. The van der Waals surface area contributed by atoms with Gasteiger partial charge in [0, 0.05) is 6.42 Å². The highest BCUT2D eigenvalue weighted by Gasteiger charge is 2.52. The van der Waals surface area contributed by atoms with Crippen molar-refractivity contribution in [2.45, 2.75) is 18.9 Å². The van der Waals surface area contributed by atoms with Crippen molar-refractivity contribution in [3.05, 3.63) is 12.7 Å². The summed E-state index contributed by atoms with van der Waals surface area (Å²) in [6.07, 6.45) is 2.22. The number of hydrogen-bond acceptors (Lipinski definition) is 3. The van der Waals surface area contributed by atoms with E-state index in [0.717, 1.165) is 0 Å². The number of hydrogen-bond donors (Lipinski definition) is 0. The van der Waals surface area contributed by atoms with E-state index in [0.29, 0.717) is 19.6 Å². The molecular formula is C8H12O3. The van der Waals surface area contributed by atoms with E-state index >= 15 is 0 Å². The average Bonchev–Trinajstić information content (AvgIpc) is 2.71. The molecule has 0 aromatic rings. The van der Waals surface area contributed by atoms with Crippen LogP contribution in [0.5, 0.6) is 0 Å². The maximum atomic E-state index is 11.1. The summed E-state index contributed by atoms with van der Waals surface area (Å²) >= 11 is 0. The van der Waals surface area contributed by atoms with Crippen LogP contribution in [-0.2, 0) is 14.3 Å². The van der Waals surface area contributed by atoms with Gasteiger partial charge in [-0.2, -0.15) is 0 Å². The predicted octanol–water partition coefficient (Wildman–Crippen LogP) is 0.895. The number of esters is 1. The molecule has 1 aliphatic rings. The van der Waals surface area contributed by atoms with Gasteiger partial charge in [0.05, 0.1) is 13.2 Å². The fourth-order valence-electron chi connectivity index (χ4n) is 0.902. The fourth-order valence-corrected chi connectivity index (χ4v) is 0.902. The second-order valence-electron chi connectivity index (χ2n) is 2.50. The summed E-state index contributed by atoms with van der Waals surface area (Å²) in [5.74, 6) is -0.264. The van der Waals surface area contributed by atoms with Crippen LogP contribution in [0.3, 0.4) is 0 Å². The van der Waals surface area contributed by atoms with Gasteiger partial charge in [0.1, 0.15) is 0 Å². The van der Waals surface area contributed by atoms with Crippen LogP contribution in [0.4, 0.5) is 0 Å². The molecule has 0 N–H and O–H groups in total. The van der Waals surface area contributed by atoms with Gasteiger partial charge in [-0.3, -0.25) is 0 Å². The van der Waals surface area contributed by atoms with Crippen LogP contribution in [0.1, 0.15) is 13.3 Å². The Kier molecular flexibility index (Phi) is 2.29. The number of ether oxygens (including phenoxy) is 2. The SMILES string of the molecule is C=CCC1(C(=O)OCC)CO1. The summed E-state index contributed by atoms with van der Waals surface area (Å²) < 4.78 is 9.82. The summed E-state index contributed by atoms with van der Waals surface area (Å²) in [5, 5.41) is 0. The molecule has 62 valence electrons. The molecule has 1 fully saturated rings. The first-order valence-electron chi connectivity index (χ1n) is 3.67. The molecule has 0 aromatic carbocycles. The summed E-state index contributed by atoms with van der Waals surface area (Å²) in [6.45, 7) is 6.19. The van der Waals surface area contributed by atoms with Gasteiger partial charge in [0.15, 0.2) is 5.60 Å². The molecule has 11 heavy (non-hydrogen) atoms. The first-order valence-corrected chi connectivity index (χ1v) is 3.67. The van der Waals surface area contributed by atoms with Gasteiger partial charge < -0.3 is 9.47 Å². The molecule has 1 atom stereocenters. The maximum Gasteiger partial charge on any atom is 0.341 e. The van der Waals surface area contributed by atoms with Crippen LogP contribution >= 0.6 is 0 Å². The van der Waals surface area contributed by atoms with Crippen LogP contribution in [-0.4, -0.2) is 24.8 Å². The molecule has 0 radical (unpaired) electrons. The minimum absolute atomic E-state index is 0.264. The van der Waals surface area contributed by atoms with Gasteiger partial charge >= 0.3 is 5.97 Å². The van der Waals surface area contributed by atoms with E-state index in [1.807, 2.05) is 0 Å². The molecule has 0 aromatic heterocycles. The van der Waals surface area contributed by atoms with Crippen molar-refractivity contribution in [3.63, 3.8) is 0 Å². The van der Waals surface area contributed by atoms with E-state index in [4.69, 9.17) is 9.47 Å². The number of carbonyl (C=O) groups excluding carboxylic acids is 1. The summed E-state index contributed by atoms with van der Waals surface area (Å²) in [4.78, 5) is 11.1. The summed E-state index contributed by atoms with van der Waals surface area (Å²) in [5.41, 5.74) is -0.669. The maximum absolute atomic E-state index is 11.1. The summed E-state index contributed by atoms with van der Waals surface area (Å²) in [7, 11) is 0. The lowest BCUT2D eigenvalue weighted by atomic mass is 10.1. The minimum Gasteiger partial charge on any atom is -0.464 e. The second kappa shape index (κ2) is 3.05. The molecule has 1 unspecified atom stereocenters. The molecular weight excluding hydrogens is 144 g/mol. The second-order valence-corrected chi connectivity index (χ2v) is 2.50. The van der Waals surface area contributed by atoms with Gasteiger partial charge in [-0.05, 0) is 6.92 Å². The quantitative estimate of drug-likeness (QED) is 0.345. The topological polar surface area (TPSA) is 38.8 Å².